The minimum Gasteiger partial charge on any atom is -0.378 e. The molecule has 0 spiro atoms. The van der Waals surface area contributed by atoms with E-state index in [0.29, 0.717) is 62.1 Å². The Labute approximate surface area is 191 Å². The molecular formula is C23H28F2N6O2. The predicted molar refractivity (Wildman–Crippen MR) is 121 cm³/mol. The molecule has 0 bridgehead atoms. The van der Waals surface area contributed by atoms with Gasteiger partial charge in [-0.25, -0.2) is 13.8 Å². The van der Waals surface area contributed by atoms with Gasteiger partial charge in [0.2, 0.25) is 5.95 Å². The van der Waals surface area contributed by atoms with Crippen LogP contribution in [0.25, 0.3) is 17.0 Å². The first kappa shape index (κ1) is 22.0. The maximum Gasteiger partial charge on any atom is 0.296 e. The summed E-state index contributed by atoms with van der Waals surface area (Å²) in [5.74, 6) is 1.20. The molecule has 5 rings (SSSR count). The number of morpholine rings is 2. The van der Waals surface area contributed by atoms with Crippen molar-refractivity contribution in [1.29, 1.82) is 0 Å². The van der Waals surface area contributed by atoms with Crippen molar-refractivity contribution >= 4 is 22.7 Å². The zero-order valence-corrected chi connectivity index (χ0v) is 19.0. The lowest BCUT2D eigenvalue weighted by Gasteiger charge is -2.43. The van der Waals surface area contributed by atoms with Crippen molar-refractivity contribution in [3.63, 3.8) is 0 Å². The molecule has 4 heterocycles. The standard InChI is InChI=1S/C23H28F2N6O2/c1-15-13-33-23(2,3)14-30(15)19-12-18(29-8-10-32-11-9-29)27-22(28-19)31-17-7-5-4-6-16(17)26-21(31)20(24)25/h4-7,12,15,20H,8-11,13-14H2,1-3H3. The Bertz CT molecular complexity index is 1150. The molecule has 10 heteroatoms. The second kappa shape index (κ2) is 8.49. The first-order valence-corrected chi connectivity index (χ1v) is 11.2. The monoisotopic (exact) mass is 458 g/mol. The Hall–Kier alpha value is -2.85. The number of ether oxygens (including phenoxy) is 2. The van der Waals surface area contributed by atoms with Crippen LogP contribution in [-0.4, -0.2) is 70.6 Å². The quantitative estimate of drug-likeness (QED) is 0.592. The Kier molecular flexibility index (Phi) is 5.65. The van der Waals surface area contributed by atoms with Crippen LogP contribution in [-0.2, 0) is 9.47 Å². The number of aromatic nitrogens is 4. The highest BCUT2D eigenvalue weighted by Gasteiger charge is 2.33. The molecule has 1 unspecified atom stereocenters. The molecule has 0 saturated carbocycles. The Morgan fingerprint density at radius 3 is 2.55 bits per heavy atom. The SMILES string of the molecule is CC1COC(C)(C)CN1c1cc(N2CCOCC2)nc(-n2c(C(F)F)nc3ccccc32)n1. The fourth-order valence-corrected chi connectivity index (χ4v) is 4.37. The molecule has 2 saturated heterocycles. The average Bonchev–Trinajstić information content (AvgIpc) is 3.21. The van der Waals surface area contributed by atoms with Gasteiger partial charge in [0, 0.05) is 25.7 Å². The molecule has 0 amide bonds. The van der Waals surface area contributed by atoms with Gasteiger partial charge in [0.15, 0.2) is 5.82 Å². The molecule has 1 atom stereocenters. The lowest BCUT2D eigenvalue weighted by Crippen LogP contribution is -2.53. The number of fused-ring (bicyclic) bond motifs is 1. The van der Waals surface area contributed by atoms with E-state index in [4.69, 9.17) is 19.4 Å². The molecule has 2 fully saturated rings. The first-order chi connectivity index (χ1) is 15.8. The van der Waals surface area contributed by atoms with Gasteiger partial charge in [0.1, 0.15) is 11.6 Å². The molecule has 0 radical (unpaired) electrons. The van der Waals surface area contributed by atoms with E-state index >= 15 is 0 Å². The minimum absolute atomic E-state index is 0.0763. The van der Waals surface area contributed by atoms with Crippen LogP contribution in [0.1, 0.15) is 33.0 Å². The summed E-state index contributed by atoms with van der Waals surface area (Å²) in [5.41, 5.74) is 0.677. The number of rotatable bonds is 4. The third-order valence-electron chi connectivity index (χ3n) is 6.10. The van der Waals surface area contributed by atoms with Gasteiger partial charge in [-0.15, -0.1) is 0 Å². The van der Waals surface area contributed by atoms with E-state index < -0.39 is 6.43 Å². The van der Waals surface area contributed by atoms with Crippen molar-refractivity contribution in [2.45, 2.75) is 38.8 Å². The minimum atomic E-state index is -2.77. The number of hydrogen-bond donors (Lipinski definition) is 0. The smallest absolute Gasteiger partial charge is 0.296 e. The largest absolute Gasteiger partial charge is 0.378 e. The van der Waals surface area contributed by atoms with Crippen LogP contribution in [0.15, 0.2) is 30.3 Å². The summed E-state index contributed by atoms with van der Waals surface area (Å²) in [5, 5.41) is 0. The van der Waals surface area contributed by atoms with Crippen LogP contribution < -0.4 is 9.80 Å². The van der Waals surface area contributed by atoms with E-state index in [1.54, 1.807) is 24.3 Å². The van der Waals surface area contributed by atoms with Crippen LogP contribution in [0.3, 0.4) is 0 Å². The molecule has 2 aromatic heterocycles. The predicted octanol–water partition coefficient (Wildman–Crippen LogP) is 3.59. The Morgan fingerprint density at radius 1 is 1.06 bits per heavy atom. The van der Waals surface area contributed by atoms with E-state index in [1.165, 1.54) is 4.57 Å². The van der Waals surface area contributed by atoms with Crippen molar-refractivity contribution in [2.75, 3.05) is 49.3 Å². The van der Waals surface area contributed by atoms with Crippen molar-refractivity contribution in [3.05, 3.63) is 36.2 Å². The van der Waals surface area contributed by atoms with Gasteiger partial charge in [0.25, 0.3) is 6.43 Å². The van der Waals surface area contributed by atoms with Gasteiger partial charge < -0.3 is 19.3 Å². The number of imidazole rings is 1. The van der Waals surface area contributed by atoms with Crippen molar-refractivity contribution in [1.82, 2.24) is 19.5 Å². The number of nitrogens with zero attached hydrogens (tertiary/aromatic N) is 6. The summed E-state index contributed by atoms with van der Waals surface area (Å²) in [6.45, 7) is 9.85. The zero-order chi connectivity index (χ0) is 23.2. The highest BCUT2D eigenvalue weighted by Crippen LogP contribution is 2.31. The molecule has 3 aromatic rings. The third-order valence-corrected chi connectivity index (χ3v) is 6.10. The first-order valence-electron chi connectivity index (χ1n) is 11.2. The van der Waals surface area contributed by atoms with Crippen molar-refractivity contribution in [3.8, 4) is 5.95 Å². The van der Waals surface area contributed by atoms with Crippen LogP contribution in [0, 0.1) is 0 Å². The Balaban J connectivity index is 1.69. The van der Waals surface area contributed by atoms with Crippen LogP contribution in [0.5, 0.6) is 0 Å². The molecule has 2 aliphatic rings. The van der Waals surface area contributed by atoms with Crippen LogP contribution in [0.4, 0.5) is 20.4 Å². The van der Waals surface area contributed by atoms with Gasteiger partial charge in [-0.3, -0.25) is 4.57 Å². The van der Waals surface area contributed by atoms with Gasteiger partial charge in [-0.1, -0.05) is 12.1 Å². The highest BCUT2D eigenvalue weighted by atomic mass is 19.3. The summed E-state index contributed by atoms with van der Waals surface area (Å²) in [6, 6.07) is 9.08. The molecule has 0 aliphatic carbocycles. The number of benzene rings is 1. The molecule has 2 aliphatic heterocycles. The molecule has 1 aromatic carbocycles. The van der Waals surface area contributed by atoms with E-state index in [2.05, 4.69) is 21.7 Å². The highest BCUT2D eigenvalue weighted by molar-refractivity contribution is 5.78. The topological polar surface area (TPSA) is 68.5 Å². The van der Waals surface area contributed by atoms with E-state index in [0.717, 1.165) is 0 Å². The van der Waals surface area contributed by atoms with Gasteiger partial charge >= 0.3 is 0 Å². The molecule has 8 nitrogen and oxygen atoms in total. The maximum atomic E-state index is 14.0. The van der Waals surface area contributed by atoms with Crippen molar-refractivity contribution < 1.29 is 18.3 Å². The summed E-state index contributed by atoms with van der Waals surface area (Å²) in [7, 11) is 0. The summed E-state index contributed by atoms with van der Waals surface area (Å²) >= 11 is 0. The van der Waals surface area contributed by atoms with E-state index in [9.17, 15) is 8.78 Å². The lowest BCUT2D eigenvalue weighted by molar-refractivity contribution is -0.0423. The van der Waals surface area contributed by atoms with E-state index in [-0.39, 0.29) is 23.4 Å². The number of halogens is 2. The van der Waals surface area contributed by atoms with Gasteiger partial charge in [-0.2, -0.15) is 9.97 Å². The zero-order valence-electron chi connectivity index (χ0n) is 19.0. The summed E-state index contributed by atoms with van der Waals surface area (Å²) in [4.78, 5) is 18.0. The maximum absolute atomic E-state index is 14.0. The third kappa shape index (κ3) is 4.24. The fourth-order valence-electron chi connectivity index (χ4n) is 4.37. The number of anilines is 2. The average molecular weight is 459 g/mol. The second-order valence-electron chi connectivity index (χ2n) is 9.13. The summed E-state index contributed by atoms with van der Waals surface area (Å²) in [6.07, 6.45) is -2.77. The molecule has 0 N–H and O–H groups in total. The summed E-state index contributed by atoms with van der Waals surface area (Å²) < 4.78 is 40.9. The fraction of sp³-hybridized carbons (Fsp3) is 0.522. The number of alkyl halides is 2. The molecule has 33 heavy (non-hydrogen) atoms. The number of hydrogen-bond acceptors (Lipinski definition) is 7. The van der Waals surface area contributed by atoms with Crippen LogP contribution in [0.2, 0.25) is 0 Å². The number of para-hydroxylation sites is 2. The van der Waals surface area contributed by atoms with Gasteiger partial charge in [0.05, 0.1) is 42.5 Å². The van der Waals surface area contributed by atoms with Crippen molar-refractivity contribution in [2.24, 2.45) is 0 Å². The molecular weight excluding hydrogens is 430 g/mol. The normalized spacial score (nSPS) is 21.2. The van der Waals surface area contributed by atoms with E-state index in [1.807, 2.05) is 19.9 Å². The Morgan fingerprint density at radius 2 is 1.79 bits per heavy atom. The lowest BCUT2D eigenvalue weighted by atomic mass is 10.0. The molecule has 176 valence electrons. The second-order valence-corrected chi connectivity index (χ2v) is 9.13. The van der Waals surface area contributed by atoms with Gasteiger partial charge in [-0.05, 0) is 32.9 Å². The van der Waals surface area contributed by atoms with Crippen LogP contribution >= 0.6 is 0 Å².